The molecule has 0 aromatic heterocycles. The second kappa shape index (κ2) is 8.90. The van der Waals surface area contributed by atoms with Crippen molar-refractivity contribution in [1.82, 2.24) is 15.1 Å². The van der Waals surface area contributed by atoms with Crippen LogP contribution in [0, 0.1) is 24.7 Å². The van der Waals surface area contributed by atoms with Crippen molar-refractivity contribution in [2.45, 2.75) is 46.6 Å². The number of likely N-dealkylation sites (tertiary alicyclic amines) is 2. The van der Waals surface area contributed by atoms with E-state index in [1.165, 1.54) is 31.6 Å². The van der Waals surface area contributed by atoms with Gasteiger partial charge in [-0.2, -0.15) is 0 Å². The van der Waals surface area contributed by atoms with Gasteiger partial charge in [-0.15, -0.1) is 0 Å². The molecule has 144 valence electrons. The fourth-order valence-corrected chi connectivity index (χ4v) is 4.62. The first kappa shape index (κ1) is 19.2. The van der Waals surface area contributed by atoms with Crippen LogP contribution in [0.3, 0.4) is 0 Å². The molecule has 0 unspecified atom stereocenters. The summed E-state index contributed by atoms with van der Waals surface area (Å²) in [6, 6.07) is 8.44. The molecule has 0 spiro atoms. The van der Waals surface area contributed by atoms with Gasteiger partial charge in [0.1, 0.15) is 0 Å². The Labute approximate surface area is 158 Å². The van der Waals surface area contributed by atoms with Crippen molar-refractivity contribution in [3.05, 3.63) is 35.4 Å². The average Bonchev–Trinajstić information content (AvgIpc) is 2.61. The number of amides is 2. The van der Waals surface area contributed by atoms with E-state index in [2.05, 4.69) is 55.3 Å². The number of aryl methyl sites for hydroxylation is 1. The van der Waals surface area contributed by atoms with Gasteiger partial charge in [0.25, 0.3) is 0 Å². The monoisotopic (exact) mass is 357 g/mol. The molecule has 2 aliphatic heterocycles. The number of piperidine rings is 2. The Kier molecular flexibility index (Phi) is 6.58. The third kappa shape index (κ3) is 5.47. The molecule has 1 N–H and O–H groups in total. The lowest BCUT2D eigenvalue weighted by molar-refractivity contribution is 0.0995. The summed E-state index contributed by atoms with van der Waals surface area (Å²) in [5.74, 6) is 2.39. The van der Waals surface area contributed by atoms with Crippen LogP contribution in [-0.2, 0) is 6.54 Å². The average molecular weight is 358 g/mol. The van der Waals surface area contributed by atoms with Gasteiger partial charge in [-0.1, -0.05) is 43.7 Å². The number of nitrogens with one attached hydrogen (secondary N) is 1. The second-order valence-electron chi connectivity index (χ2n) is 8.74. The van der Waals surface area contributed by atoms with Gasteiger partial charge in [0.15, 0.2) is 0 Å². The summed E-state index contributed by atoms with van der Waals surface area (Å²) in [6.45, 7) is 13.0. The summed E-state index contributed by atoms with van der Waals surface area (Å²) in [6.07, 6.45) is 3.64. The Morgan fingerprint density at radius 1 is 1.08 bits per heavy atom. The van der Waals surface area contributed by atoms with E-state index in [0.29, 0.717) is 6.54 Å². The number of urea groups is 1. The first-order valence-corrected chi connectivity index (χ1v) is 10.3. The topological polar surface area (TPSA) is 35.6 Å². The maximum atomic E-state index is 12.4. The van der Waals surface area contributed by atoms with Crippen LogP contribution in [0.25, 0.3) is 0 Å². The predicted molar refractivity (Wildman–Crippen MR) is 107 cm³/mol. The molecule has 2 atom stereocenters. The van der Waals surface area contributed by atoms with Gasteiger partial charge in [0, 0.05) is 39.3 Å². The number of hydrogen-bond donors (Lipinski definition) is 1. The Morgan fingerprint density at radius 2 is 1.69 bits per heavy atom. The largest absolute Gasteiger partial charge is 0.334 e. The Morgan fingerprint density at radius 3 is 2.31 bits per heavy atom. The van der Waals surface area contributed by atoms with Crippen molar-refractivity contribution < 1.29 is 4.79 Å². The normalized spacial score (nSPS) is 25.3. The Bertz CT molecular complexity index is 568. The standard InChI is InChI=1S/C22H35N3O/c1-17-4-6-20(7-5-17)13-23-22(26)25-10-8-21(9-11-25)16-24-14-18(2)12-19(3)15-24/h4-7,18-19,21H,8-16H2,1-3H3,(H,23,26)/t18-,19-/m0/s1. The second-order valence-corrected chi connectivity index (χ2v) is 8.74. The number of benzene rings is 1. The van der Waals surface area contributed by atoms with Crippen molar-refractivity contribution in [2.24, 2.45) is 17.8 Å². The number of nitrogens with zero attached hydrogens (tertiary/aromatic N) is 2. The molecule has 1 aromatic carbocycles. The minimum atomic E-state index is 0.0873. The molecule has 0 bridgehead atoms. The number of carbonyl (C=O) groups is 1. The zero-order valence-corrected chi connectivity index (χ0v) is 16.7. The molecule has 26 heavy (non-hydrogen) atoms. The van der Waals surface area contributed by atoms with E-state index in [1.807, 2.05) is 4.90 Å². The molecule has 2 fully saturated rings. The predicted octanol–water partition coefficient (Wildman–Crippen LogP) is 3.89. The van der Waals surface area contributed by atoms with Crippen LogP contribution >= 0.6 is 0 Å². The fourth-order valence-electron chi connectivity index (χ4n) is 4.62. The quantitative estimate of drug-likeness (QED) is 0.887. The summed E-state index contributed by atoms with van der Waals surface area (Å²) in [5, 5.41) is 3.07. The molecular weight excluding hydrogens is 322 g/mol. The molecule has 4 nitrogen and oxygen atoms in total. The molecule has 2 aliphatic rings. The minimum absolute atomic E-state index is 0.0873. The van der Waals surface area contributed by atoms with Crippen LogP contribution in [0.4, 0.5) is 4.79 Å². The molecular formula is C22H35N3O. The molecule has 4 heteroatoms. The van der Waals surface area contributed by atoms with E-state index in [9.17, 15) is 4.79 Å². The van der Waals surface area contributed by atoms with E-state index in [1.54, 1.807) is 0 Å². The van der Waals surface area contributed by atoms with Crippen molar-refractivity contribution in [3.8, 4) is 0 Å². The molecule has 0 radical (unpaired) electrons. The Balaban J connectivity index is 1.38. The molecule has 0 aliphatic carbocycles. The van der Waals surface area contributed by atoms with E-state index < -0.39 is 0 Å². The van der Waals surface area contributed by atoms with Crippen molar-refractivity contribution in [2.75, 3.05) is 32.7 Å². The first-order chi connectivity index (χ1) is 12.5. The van der Waals surface area contributed by atoms with Crippen LogP contribution in [0.15, 0.2) is 24.3 Å². The third-order valence-corrected chi connectivity index (χ3v) is 5.93. The van der Waals surface area contributed by atoms with Crippen molar-refractivity contribution in [3.63, 3.8) is 0 Å². The van der Waals surface area contributed by atoms with Crippen molar-refractivity contribution in [1.29, 1.82) is 0 Å². The summed E-state index contributed by atoms with van der Waals surface area (Å²) >= 11 is 0. The molecule has 3 rings (SSSR count). The van der Waals surface area contributed by atoms with Crippen molar-refractivity contribution >= 4 is 6.03 Å². The van der Waals surface area contributed by atoms with Gasteiger partial charge in [-0.05, 0) is 49.5 Å². The molecule has 2 saturated heterocycles. The van der Waals surface area contributed by atoms with Gasteiger partial charge in [-0.25, -0.2) is 4.79 Å². The third-order valence-electron chi connectivity index (χ3n) is 5.93. The van der Waals surface area contributed by atoms with Gasteiger partial charge < -0.3 is 15.1 Å². The lowest BCUT2D eigenvalue weighted by Crippen LogP contribution is -2.47. The van der Waals surface area contributed by atoms with Crippen LogP contribution in [-0.4, -0.2) is 48.6 Å². The highest BCUT2D eigenvalue weighted by Gasteiger charge is 2.27. The van der Waals surface area contributed by atoms with Crippen LogP contribution in [0.2, 0.25) is 0 Å². The zero-order chi connectivity index (χ0) is 18.5. The van der Waals surface area contributed by atoms with E-state index in [0.717, 1.165) is 49.2 Å². The molecule has 2 amide bonds. The van der Waals surface area contributed by atoms with Gasteiger partial charge in [0.05, 0.1) is 0 Å². The maximum absolute atomic E-state index is 12.4. The summed E-state index contributed by atoms with van der Waals surface area (Å²) < 4.78 is 0. The van der Waals surface area contributed by atoms with Crippen LogP contribution < -0.4 is 5.32 Å². The van der Waals surface area contributed by atoms with Gasteiger partial charge in [-0.3, -0.25) is 0 Å². The maximum Gasteiger partial charge on any atom is 0.317 e. The number of carbonyl (C=O) groups excluding carboxylic acids is 1. The van der Waals surface area contributed by atoms with Gasteiger partial charge in [0.2, 0.25) is 0 Å². The fraction of sp³-hybridized carbons (Fsp3) is 0.682. The molecule has 2 heterocycles. The highest BCUT2D eigenvalue weighted by molar-refractivity contribution is 5.74. The van der Waals surface area contributed by atoms with Gasteiger partial charge >= 0.3 is 6.03 Å². The lowest BCUT2D eigenvalue weighted by Gasteiger charge is -2.39. The summed E-state index contributed by atoms with van der Waals surface area (Å²) in [4.78, 5) is 17.1. The number of hydrogen-bond acceptors (Lipinski definition) is 2. The highest BCUT2D eigenvalue weighted by Crippen LogP contribution is 2.25. The van der Waals surface area contributed by atoms with Crippen LogP contribution in [0.1, 0.15) is 44.2 Å². The zero-order valence-electron chi connectivity index (χ0n) is 16.7. The minimum Gasteiger partial charge on any atom is -0.334 e. The molecule has 1 aromatic rings. The SMILES string of the molecule is Cc1ccc(CNC(=O)N2CCC(CN3C[C@@H](C)C[C@H](C)C3)CC2)cc1. The highest BCUT2D eigenvalue weighted by atomic mass is 16.2. The number of rotatable bonds is 4. The summed E-state index contributed by atoms with van der Waals surface area (Å²) in [5.41, 5.74) is 2.41. The summed E-state index contributed by atoms with van der Waals surface area (Å²) in [7, 11) is 0. The van der Waals surface area contributed by atoms with E-state index >= 15 is 0 Å². The lowest BCUT2D eigenvalue weighted by atomic mass is 9.89. The van der Waals surface area contributed by atoms with Crippen LogP contribution in [0.5, 0.6) is 0 Å². The van der Waals surface area contributed by atoms with E-state index in [4.69, 9.17) is 0 Å². The first-order valence-electron chi connectivity index (χ1n) is 10.3. The Hall–Kier alpha value is -1.55. The smallest absolute Gasteiger partial charge is 0.317 e. The van der Waals surface area contributed by atoms with E-state index in [-0.39, 0.29) is 6.03 Å². The molecule has 0 saturated carbocycles.